The van der Waals surface area contributed by atoms with Crippen molar-refractivity contribution in [3.63, 3.8) is 0 Å². The molecule has 2 rings (SSSR count). The van der Waals surface area contributed by atoms with Gasteiger partial charge in [-0.3, -0.25) is 0 Å². The van der Waals surface area contributed by atoms with Crippen LogP contribution < -0.4 is 10.4 Å². The van der Waals surface area contributed by atoms with Crippen LogP contribution in [0, 0.1) is 5.41 Å². The monoisotopic (exact) mass is 188 g/mol. The van der Waals surface area contributed by atoms with E-state index in [0.29, 0.717) is 5.84 Å². The molecule has 0 fully saturated rings. The van der Waals surface area contributed by atoms with Crippen LogP contribution in [-0.2, 0) is 0 Å². The van der Waals surface area contributed by atoms with Crippen LogP contribution in [-0.4, -0.2) is 5.84 Å². The summed E-state index contributed by atoms with van der Waals surface area (Å²) in [7, 11) is 0. The number of hydrogen-bond acceptors (Lipinski definition) is 2. The Morgan fingerprint density at radius 3 is 2.29 bits per heavy atom. The molecule has 14 heavy (non-hydrogen) atoms. The zero-order valence-corrected chi connectivity index (χ0v) is 8.39. The largest absolute Gasteiger partial charge is 0.253 e. The maximum Gasteiger partial charge on any atom is 0.253 e. The Hall–Kier alpha value is -1.61. The molecule has 1 heterocycles. The molecule has 0 spiro atoms. The molecule has 72 valence electrons. The topological polar surface area (TPSA) is 40.3 Å². The number of nitrogens with one attached hydrogen (secondary N) is 3. The summed E-state index contributed by atoms with van der Waals surface area (Å²) in [4.78, 5) is 0. The first-order chi connectivity index (χ1) is 6.70. The highest BCUT2D eigenvalue weighted by atomic mass is 15.5. The molecule has 0 aromatic heterocycles. The van der Waals surface area contributed by atoms with Crippen LogP contribution in [0.4, 0.5) is 5.69 Å². The fourth-order valence-electron chi connectivity index (χ4n) is 1.54. The van der Waals surface area contributed by atoms with Crippen LogP contribution in [0.1, 0.15) is 13.8 Å². The normalized spacial score (nSPS) is 21.3. The van der Waals surface area contributed by atoms with Gasteiger partial charge in [0.05, 0.1) is 11.3 Å². The third-order valence-corrected chi connectivity index (χ3v) is 2.56. The van der Waals surface area contributed by atoms with E-state index in [1.54, 1.807) is 0 Å². The Morgan fingerprint density at radius 1 is 1.14 bits per heavy atom. The molecular formula is C11H14N3+. The minimum atomic E-state index is 0.605. The van der Waals surface area contributed by atoms with Gasteiger partial charge in [-0.05, 0) is 13.8 Å². The second kappa shape index (κ2) is 3.27. The van der Waals surface area contributed by atoms with Crippen LogP contribution in [0.5, 0.6) is 0 Å². The van der Waals surface area contributed by atoms with E-state index in [1.807, 2.05) is 44.2 Å². The van der Waals surface area contributed by atoms with Gasteiger partial charge in [-0.25, -0.2) is 10.8 Å². The molecule has 1 aliphatic heterocycles. The predicted octanol–water partition coefficient (Wildman–Crippen LogP) is 0.992. The van der Waals surface area contributed by atoms with E-state index in [9.17, 15) is 0 Å². The van der Waals surface area contributed by atoms with Crippen LogP contribution in [0.2, 0.25) is 0 Å². The summed E-state index contributed by atoms with van der Waals surface area (Å²) >= 11 is 0. The van der Waals surface area contributed by atoms with Gasteiger partial charge >= 0.3 is 0 Å². The molecule has 3 N–H and O–H groups in total. The van der Waals surface area contributed by atoms with E-state index in [4.69, 9.17) is 5.41 Å². The molecular weight excluding hydrogens is 174 g/mol. The average molecular weight is 188 g/mol. The number of hydrogen-bond donors (Lipinski definition) is 3. The maximum absolute atomic E-state index is 7.92. The van der Waals surface area contributed by atoms with Crippen LogP contribution in [0.25, 0.3) is 0 Å². The van der Waals surface area contributed by atoms with Crippen LogP contribution in [0.15, 0.2) is 41.6 Å². The van der Waals surface area contributed by atoms with Gasteiger partial charge in [0.2, 0.25) is 0 Å². The first-order valence-electron chi connectivity index (χ1n) is 4.66. The number of benzene rings is 1. The van der Waals surface area contributed by atoms with Gasteiger partial charge in [-0.2, -0.15) is 5.01 Å². The fourth-order valence-corrected chi connectivity index (χ4v) is 1.54. The van der Waals surface area contributed by atoms with Gasteiger partial charge in [0.15, 0.2) is 5.69 Å². The summed E-state index contributed by atoms with van der Waals surface area (Å²) in [5.41, 5.74) is 6.43. The third kappa shape index (κ3) is 1.32. The second-order valence-corrected chi connectivity index (χ2v) is 3.49. The number of rotatable bonds is 1. The molecule has 0 saturated heterocycles. The Kier molecular flexibility index (Phi) is 2.09. The van der Waals surface area contributed by atoms with Gasteiger partial charge in [-0.1, -0.05) is 18.2 Å². The van der Waals surface area contributed by atoms with E-state index < -0.39 is 0 Å². The van der Waals surface area contributed by atoms with Crippen molar-refractivity contribution in [2.24, 2.45) is 0 Å². The van der Waals surface area contributed by atoms with Crippen molar-refractivity contribution in [3.8, 4) is 0 Å². The molecule has 1 atom stereocenters. The summed E-state index contributed by atoms with van der Waals surface area (Å²) < 4.78 is 0. The molecule has 3 nitrogen and oxygen atoms in total. The Labute approximate surface area is 83.5 Å². The zero-order valence-electron chi connectivity index (χ0n) is 8.39. The van der Waals surface area contributed by atoms with Crippen molar-refractivity contribution < 1.29 is 5.01 Å². The standard InChI is InChI=1S/C11H13N3/c1-8-9(2)13-14(11(8)12)10-6-4-3-5-7-10/h3-7,12-13H,1-2H3/p+1. The highest BCUT2D eigenvalue weighted by Crippen LogP contribution is 2.06. The number of allylic oxidation sites excluding steroid dienone is 1. The minimum Gasteiger partial charge on any atom is -0.248 e. The summed E-state index contributed by atoms with van der Waals surface area (Å²) in [6.07, 6.45) is 0. The first-order valence-corrected chi connectivity index (χ1v) is 4.66. The quantitative estimate of drug-likeness (QED) is 0.604. The van der Waals surface area contributed by atoms with Crippen LogP contribution in [0.3, 0.4) is 0 Å². The molecule has 1 aromatic carbocycles. The SMILES string of the molecule is CC1=C(C)C(=N)[NH+](c2ccccc2)N1. The molecule has 0 saturated carbocycles. The smallest absolute Gasteiger partial charge is 0.248 e. The first kappa shape index (κ1) is 8.97. The summed E-state index contributed by atoms with van der Waals surface area (Å²) in [6.45, 7) is 3.97. The maximum atomic E-state index is 7.92. The molecule has 0 bridgehead atoms. The molecule has 1 aliphatic rings. The van der Waals surface area contributed by atoms with Gasteiger partial charge in [0.1, 0.15) is 0 Å². The van der Waals surface area contributed by atoms with E-state index in [0.717, 1.165) is 22.0 Å². The van der Waals surface area contributed by atoms with E-state index in [2.05, 4.69) is 5.43 Å². The van der Waals surface area contributed by atoms with Crippen LogP contribution >= 0.6 is 0 Å². The Morgan fingerprint density at radius 2 is 1.79 bits per heavy atom. The lowest BCUT2D eigenvalue weighted by Gasteiger charge is -2.11. The summed E-state index contributed by atoms with van der Waals surface area (Å²) in [6, 6.07) is 9.99. The highest BCUT2D eigenvalue weighted by Gasteiger charge is 2.28. The van der Waals surface area contributed by atoms with Gasteiger partial charge in [-0.15, -0.1) is 0 Å². The molecule has 0 aliphatic carbocycles. The average Bonchev–Trinajstić information content (AvgIpc) is 2.47. The van der Waals surface area contributed by atoms with Gasteiger partial charge in [0, 0.05) is 12.1 Å². The molecule has 1 unspecified atom stereocenters. The van der Waals surface area contributed by atoms with Crippen molar-refractivity contribution in [2.45, 2.75) is 13.8 Å². The van der Waals surface area contributed by atoms with Crippen molar-refractivity contribution in [1.29, 1.82) is 5.41 Å². The molecule has 0 radical (unpaired) electrons. The van der Waals surface area contributed by atoms with Gasteiger partial charge < -0.3 is 0 Å². The summed E-state index contributed by atoms with van der Waals surface area (Å²) in [5, 5.41) is 8.84. The molecule has 0 amide bonds. The lowest BCUT2D eigenvalue weighted by Crippen LogP contribution is -3.14. The minimum absolute atomic E-state index is 0.605. The van der Waals surface area contributed by atoms with Crippen molar-refractivity contribution in [2.75, 3.05) is 0 Å². The zero-order chi connectivity index (χ0) is 10.1. The number of amidine groups is 1. The summed E-state index contributed by atoms with van der Waals surface area (Å²) in [5.74, 6) is 0.605. The van der Waals surface area contributed by atoms with E-state index in [1.165, 1.54) is 0 Å². The Bertz CT molecular complexity index is 392. The van der Waals surface area contributed by atoms with Crippen molar-refractivity contribution >= 4 is 11.5 Å². The molecule has 3 heteroatoms. The number of para-hydroxylation sites is 1. The third-order valence-electron chi connectivity index (χ3n) is 2.56. The lowest BCUT2D eigenvalue weighted by atomic mass is 10.2. The Balaban J connectivity index is 2.30. The van der Waals surface area contributed by atoms with Crippen molar-refractivity contribution in [1.82, 2.24) is 5.43 Å². The lowest BCUT2D eigenvalue weighted by molar-refractivity contribution is -0.775. The van der Waals surface area contributed by atoms with Crippen molar-refractivity contribution in [3.05, 3.63) is 41.6 Å². The highest BCUT2D eigenvalue weighted by molar-refractivity contribution is 5.91. The second-order valence-electron chi connectivity index (χ2n) is 3.49. The van der Waals surface area contributed by atoms with E-state index >= 15 is 0 Å². The molecule has 1 aromatic rings. The van der Waals surface area contributed by atoms with E-state index in [-0.39, 0.29) is 0 Å². The fraction of sp³-hybridized carbons (Fsp3) is 0.182. The van der Waals surface area contributed by atoms with Gasteiger partial charge in [0.25, 0.3) is 5.84 Å². The number of quaternary nitrogens is 1. The predicted molar refractivity (Wildman–Crippen MR) is 56.3 cm³/mol.